The van der Waals surface area contributed by atoms with Gasteiger partial charge in [-0.25, -0.2) is 26.4 Å². The van der Waals surface area contributed by atoms with Crippen molar-refractivity contribution in [2.45, 2.75) is 306 Å². The van der Waals surface area contributed by atoms with Crippen molar-refractivity contribution in [3.63, 3.8) is 0 Å². The SMILES string of the molecule is CC(C)(C)CCC(=O)NC1CCc2ccccc21.CC(C)(C)CCC(=O)NCC1COc2ccccc2O1.CC(C)(C)CCC(=O)Nc1cc(F)ccc1F.CC(C)(C)CCC(=O)Nc1cccc(OCC(=O)N2CCCC2)c1.CC(C)(C)CCC(=O)Nc1ccccc1F.CCN(CC)S(=O)(=O)c1cc(C)c(C)c(NC(=O)CCC(C)(C)C)c1.COC(=O)c1cc(NC(=O)CCC(C)(C)C)ccc1Cl. The lowest BCUT2D eigenvalue weighted by Gasteiger charge is -2.26. The molecule has 2 aliphatic heterocycles. The lowest BCUT2D eigenvalue weighted by atomic mass is 9.90. The van der Waals surface area contributed by atoms with E-state index in [1.807, 2.05) is 89.8 Å². The van der Waals surface area contributed by atoms with E-state index in [2.05, 4.69) is 191 Å². The number of amides is 8. The first-order valence-electron chi connectivity index (χ1n) is 48.8. The number of fused-ring (bicyclic) bond motifs is 2. The molecule has 24 nitrogen and oxygen atoms in total. The molecule has 0 bridgehead atoms. The van der Waals surface area contributed by atoms with E-state index in [0.29, 0.717) is 105 Å². The number of ether oxygens (including phenoxy) is 4. The number of halogens is 4. The molecule has 8 amide bonds. The highest BCUT2D eigenvalue weighted by Crippen LogP contribution is 2.36. The van der Waals surface area contributed by atoms with Crippen LogP contribution in [-0.2, 0) is 59.5 Å². The molecular weight excluding hydrogens is 1820 g/mol. The third-order valence-electron chi connectivity index (χ3n) is 22.5. The van der Waals surface area contributed by atoms with Crippen molar-refractivity contribution in [2.75, 3.05) is 79.6 Å². The molecule has 10 rings (SSSR count). The van der Waals surface area contributed by atoms with Gasteiger partial charge in [-0.1, -0.05) is 225 Å². The number of anilines is 5. The predicted octanol–water partition coefficient (Wildman–Crippen LogP) is 25.1. The smallest absolute Gasteiger partial charge is 0.339 e. The monoisotopic (exact) mass is 1980 g/mol. The van der Waals surface area contributed by atoms with Crippen LogP contribution < -0.4 is 51.4 Å². The summed E-state index contributed by atoms with van der Waals surface area (Å²) in [4.78, 5) is 108. The lowest BCUT2D eigenvalue weighted by molar-refractivity contribution is -0.132. The van der Waals surface area contributed by atoms with E-state index in [1.54, 1.807) is 54.6 Å². The number of rotatable bonds is 30. The molecule has 140 heavy (non-hydrogen) atoms. The molecule has 2 heterocycles. The Hall–Kier alpha value is -10.8. The molecule has 774 valence electrons. The van der Waals surface area contributed by atoms with Gasteiger partial charge < -0.3 is 61.1 Å². The summed E-state index contributed by atoms with van der Waals surface area (Å²) in [6.07, 6.45) is 13.0. The minimum atomic E-state index is -3.55. The van der Waals surface area contributed by atoms with E-state index in [4.69, 9.17) is 25.8 Å². The van der Waals surface area contributed by atoms with Crippen molar-refractivity contribution in [1.82, 2.24) is 19.8 Å². The molecule has 0 saturated carbocycles. The summed E-state index contributed by atoms with van der Waals surface area (Å²) < 4.78 is 87.8. The van der Waals surface area contributed by atoms with E-state index >= 15 is 0 Å². The number of para-hydroxylation sites is 3. The standard InChI is InChI=1S/C19H32N2O3S.C19H28N2O3.C16H23NO3.C16H23NO.C15H20ClNO3.C13H17F2NO.C13H18FNO/c1-8-21(9-2)25(23,24)16-12-14(3)15(4)17(13-16)20-18(22)10-11-19(5,6)7;1-19(2,3)10-9-17(22)20-15-7-6-8-16(13-15)24-14-18(23)21-11-4-5-12-21;1-16(2,3)9-8-15(18)17-10-12-11-19-13-6-4-5-7-14(13)20-12;1-16(2,3)11-10-15(18)17-14-9-8-12-6-4-5-7-13(12)14;1-15(2,3)8-7-13(18)17-10-5-6-12(16)11(9-10)14(19)20-4;1-13(2,3)7-6-12(17)16-11-8-9(14)4-5-10(11)15;1-13(2,3)9-8-12(16)15-11-7-5-4-6-10(11)14/h12-13H,8-11H2,1-7H3,(H,20,22);6-8,13H,4-5,9-12,14H2,1-3H3,(H,20,22);4-7,12H,8-11H2,1-3H3,(H,17,18);4-7,14H,8-11H2,1-3H3,(H,17,18);5-6,9H,7-8H2,1-4H3,(H,17,18);4-5,8H,6-7H2,1-3H3,(H,16,17);4-7H,8-9H2,1-3H3,(H,15,16). The van der Waals surface area contributed by atoms with Crippen molar-refractivity contribution >= 4 is 103 Å². The number of methoxy groups -OCH3 is 1. The third-order valence-corrected chi connectivity index (χ3v) is 24.8. The first kappa shape index (κ1) is 121. The zero-order valence-corrected chi connectivity index (χ0v) is 89.7. The van der Waals surface area contributed by atoms with Crippen LogP contribution >= 0.6 is 11.6 Å². The molecular formula is C111H161ClF3N9O15S. The number of esters is 1. The Morgan fingerprint density at radius 1 is 0.479 bits per heavy atom. The van der Waals surface area contributed by atoms with Crippen LogP contribution in [0.2, 0.25) is 5.02 Å². The van der Waals surface area contributed by atoms with Crippen LogP contribution in [0.15, 0.2) is 150 Å². The van der Waals surface area contributed by atoms with Gasteiger partial charge in [0.1, 0.15) is 35.9 Å². The average molecular weight is 1990 g/mol. The summed E-state index contributed by atoms with van der Waals surface area (Å²) in [6.45, 7) is 54.9. The summed E-state index contributed by atoms with van der Waals surface area (Å²) in [6, 6.07) is 40.6. The molecule has 0 spiro atoms. The quantitative estimate of drug-likeness (QED) is 0.0206. The van der Waals surface area contributed by atoms with Crippen molar-refractivity contribution in [3.05, 3.63) is 196 Å². The highest BCUT2D eigenvalue weighted by atomic mass is 35.5. The average Bonchev–Trinajstić information content (AvgIpc) is 0.930. The normalized spacial score (nSPS) is 13.9. The molecule has 1 saturated heterocycles. The Morgan fingerprint density at radius 3 is 1.44 bits per heavy atom. The van der Waals surface area contributed by atoms with Gasteiger partial charge in [-0.05, 0) is 223 Å². The Balaban J connectivity index is 0.000000343. The fourth-order valence-corrected chi connectivity index (χ4v) is 15.4. The van der Waals surface area contributed by atoms with Gasteiger partial charge in [-0.3, -0.25) is 38.4 Å². The molecule has 1 fully saturated rings. The number of hydrogen-bond donors (Lipinski definition) is 7. The maximum absolute atomic E-state index is 13.2. The van der Waals surface area contributed by atoms with Gasteiger partial charge in [0, 0.05) is 100 Å². The molecule has 0 radical (unpaired) electrons. The van der Waals surface area contributed by atoms with Crippen molar-refractivity contribution in [3.8, 4) is 17.2 Å². The second-order valence-corrected chi connectivity index (χ2v) is 46.4. The fraction of sp³-hybridized carbons (Fsp3) is 0.541. The second kappa shape index (κ2) is 57.3. The first-order chi connectivity index (χ1) is 65.0. The zero-order valence-electron chi connectivity index (χ0n) is 88.1. The van der Waals surface area contributed by atoms with E-state index in [-0.39, 0.29) is 126 Å². The highest BCUT2D eigenvalue weighted by molar-refractivity contribution is 7.89. The molecule has 0 aromatic heterocycles. The Morgan fingerprint density at radius 2 is 0.929 bits per heavy atom. The number of carbonyl (C=O) groups excluding carboxylic acids is 9. The number of aryl methyl sites for hydroxylation is 2. The summed E-state index contributed by atoms with van der Waals surface area (Å²) in [5.41, 5.74) is 7.51. The van der Waals surface area contributed by atoms with Crippen molar-refractivity contribution in [2.24, 2.45) is 37.9 Å². The third kappa shape index (κ3) is 50.0. The van der Waals surface area contributed by atoms with Gasteiger partial charge in [0.25, 0.3) is 5.91 Å². The van der Waals surface area contributed by atoms with Crippen LogP contribution in [0.3, 0.4) is 0 Å². The summed E-state index contributed by atoms with van der Waals surface area (Å²) >= 11 is 5.91. The van der Waals surface area contributed by atoms with Crippen molar-refractivity contribution < 1.29 is 83.7 Å². The first-order valence-corrected chi connectivity index (χ1v) is 50.6. The number of likely N-dealkylation sites (tertiary alicyclic amines) is 1. The number of hydrogen-bond acceptors (Lipinski definition) is 15. The minimum Gasteiger partial charge on any atom is -0.486 e. The van der Waals surface area contributed by atoms with Crippen LogP contribution in [0, 0.1) is 69.2 Å². The van der Waals surface area contributed by atoms with E-state index in [9.17, 15) is 64.7 Å². The number of nitrogens with zero attached hydrogens (tertiary/aromatic N) is 2. The van der Waals surface area contributed by atoms with Crippen molar-refractivity contribution in [1.29, 1.82) is 0 Å². The van der Waals surface area contributed by atoms with Gasteiger partial charge in [-0.15, -0.1) is 0 Å². The molecule has 7 N–H and O–H groups in total. The number of nitrogens with one attached hydrogen (secondary N) is 7. The van der Waals surface area contributed by atoms with Gasteiger partial charge >= 0.3 is 5.97 Å². The van der Waals surface area contributed by atoms with E-state index in [0.717, 1.165) is 118 Å². The van der Waals surface area contributed by atoms with E-state index < -0.39 is 33.4 Å². The Bertz CT molecular complexity index is 5280. The summed E-state index contributed by atoms with van der Waals surface area (Å²) in [7, 11) is -2.27. The lowest BCUT2D eigenvalue weighted by Crippen LogP contribution is -2.40. The zero-order chi connectivity index (χ0) is 105. The second-order valence-electron chi connectivity index (χ2n) is 44.0. The van der Waals surface area contributed by atoms with Crippen LogP contribution in [0.25, 0.3) is 0 Å². The largest absolute Gasteiger partial charge is 0.486 e. The van der Waals surface area contributed by atoms with E-state index in [1.165, 1.54) is 34.7 Å². The molecule has 7 aromatic carbocycles. The molecule has 2 atom stereocenters. The summed E-state index contributed by atoms with van der Waals surface area (Å²) in [5, 5.41) is 19.8. The molecule has 1 aliphatic carbocycles. The number of carbonyl (C=O) groups is 9. The fourth-order valence-electron chi connectivity index (χ4n) is 13.7. The van der Waals surface area contributed by atoms with Crippen LogP contribution in [-0.4, -0.2) is 130 Å². The molecule has 3 aliphatic rings. The van der Waals surface area contributed by atoms with Gasteiger partial charge in [0.05, 0.1) is 46.6 Å². The van der Waals surface area contributed by atoms with Crippen LogP contribution in [0.4, 0.5) is 41.6 Å². The maximum Gasteiger partial charge on any atom is 0.339 e. The highest BCUT2D eigenvalue weighted by Gasteiger charge is 2.29. The predicted molar refractivity (Wildman–Crippen MR) is 558 cm³/mol. The minimum absolute atomic E-state index is 0.00443. The number of sulfonamides is 1. The number of benzene rings is 7. The summed E-state index contributed by atoms with van der Waals surface area (Å²) in [5.74, 6) is -0.360. The molecule has 29 heteroatoms. The van der Waals surface area contributed by atoms with Crippen LogP contribution in [0.5, 0.6) is 17.2 Å². The molecule has 7 aromatic rings. The molecule has 2 unspecified atom stereocenters. The topological polar surface area (TPSA) is 315 Å². The van der Waals surface area contributed by atoms with Gasteiger partial charge in [-0.2, -0.15) is 4.31 Å². The Labute approximate surface area is 838 Å². The van der Waals surface area contributed by atoms with Gasteiger partial charge in [0.15, 0.2) is 18.1 Å². The maximum atomic E-state index is 13.2. The van der Waals surface area contributed by atoms with Crippen LogP contribution in [0.1, 0.15) is 307 Å². The van der Waals surface area contributed by atoms with Gasteiger partial charge in [0.2, 0.25) is 51.4 Å². The Kier molecular flexibility index (Phi) is 49.7.